The first kappa shape index (κ1) is 12.0. The van der Waals surface area contributed by atoms with Crippen LogP contribution in [0, 0.1) is 0 Å². The van der Waals surface area contributed by atoms with Gasteiger partial charge in [-0.3, -0.25) is 0 Å². The third kappa shape index (κ3) is 4.32. The maximum absolute atomic E-state index is 9.20. The van der Waals surface area contributed by atoms with Crippen LogP contribution in [-0.4, -0.2) is 4.89 Å². The molecule has 0 amide bonds. The molecular formula is C6H5Br2O2PS2. The van der Waals surface area contributed by atoms with E-state index in [0.717, 1.165) is 8.95 Å². The summed E-state index contributed by atoms with van der Waals surface area (Å²) < 4.78 is 6.70. The van der Waals surface area contributed by atoms with Crippen molar-refractivity contribution in [2.24, 2.45) is 0 Å². The zero-order valence-corrected chi connectivity index (χ0v) is 11.9. The van der Waals surface area contributed by atoms with Crippen molar-refractivity contribution in [3.8, 4) is 5.75 Å². The van der Waals surface area contributed by atoms with E-state index >= 15 is 0 Å². The Morgan fingerprint density at radius 3 is 2.54 bits per heavy atom. The molecule has 0 aliphatic rings. The van der Waals surface area contributed by atoms with Gasteiger partial charge in [-0.25, -0.2) is 0 Å². The van der Waals surface area contributed by atoms with Gasteiger partial charge in [-0.15, -0.1) is 0 Å². The highest BCUT2D eigenvalue weighted by Crippen LogP contribution is 2.49. The van der Waals surface area contributed by atoms with Gasteiger partial charge in [0, 0.05) is 4.47 Å². The molecule has 1 atom stereocenters. The number of hydrogen-bond donors (Lipinski definition) is 2. The highest BCUT2D eigenvalue weighted by molar-refractivity contribution is 9.11. The second kappa shape index (κ2) is 4.64. The Morgan fingerprint density at radius 2 is 2.08 bits per heavy atom. The summed E-state index contributed by atoms with van der Waals surface area (Å²) in [5, 5.41) is 0. The predicted molar refractivity (Wildman–Crippen MR) is 68.0 cm³/mol. The minimum Gasteiger partial charge on any atom is -0.435 e. The van der Waals surface area contributed by atoms with E-state index in [4.69, 9.17) is 4.52 Å². The zero-order chi connectivity index (χ0) is 10.1. The van der Waals surface area contributed by atoms with Crippen LogP contribution >= 0.6 is 49.8 Å². The Balaban J connectivity index is 2.97. The lowest BCUT2D eigenvalue weighted by Gasteiger charge is -2.11. The van der Waals surface area contributed by atoms with Crippen molar-refractivity contribution in [2.45, 2.75) is 0 Å². The fraction of sp³-hybridized carbons (Fsp3) is 0. The average molecular weight is 364 g/mol. The molecule has 72 valence electrons. The van der Waals surface area contributed by atoms with Crippen molar-refractivity contribution in [1.29, 1.82) is 0 Å². The molecular weight excluding hydrogens is 359 g/mol. The number of halogens is 2. The van der Waals surface area contributed by atoms with Crippen LogP contribution in [0.15, 0.2) is 27.1 Å². The molecule has 0 fully saturated rings. The monoisotopic (exact) mass is 362 g/mol. The summed E-state index contributed by atoms with van der Waals surface area (Å²) in [6, 6.07) is 5.29. The van der Waals surface area contributed by atoms with Gasteiger partial charge in [-0.05, 0) is 45.9 Å². The van der Waals surface area contributed by atoms with E-state index in [2.05, 4.69) is 55.9 Å². The molecule has 2 nitrogen and oxygen atoms in total. The number of hydrogen-bond acceptors (Lipinski definition) is 2. The molecule has 0 heterocycles. The van der Waals surface area contributed by atoms with E-state index in [0.29, 0.717) is 5.75 Å². The van der Waals surface area contributed by atoms with Crippen molar-refractivity contribution >= 4 is 61.6 Å². The lowest BCUT2D eigenvalue weighted by molar-refractivity contribution is 0.503. The molecule has 1 rings (SSSR count). The van der Waals surface area contributed by atoms with Crippen molar-refractivity contribution < 1.29 is 9.42 Å². The second-order valence-corrected chi connectivity index (χ2v) is 9.01. The van der Waals surface area contributed by atoms with Crippen molar-refractivity contribution in [2.75, 3.05) is 0 Å². The molecule has 0 saturated heterocycles. The highest BCUT2D eigenvalue weighted by Gasteiger charge is 2.10. The maximum Gasteiger partial charge on any atom is 0.291 e. The minimum atomic E-state index is -2.95. The van der Waals surface area contributed by atoms with Crippen LogP contribution < -0.4 is 4.52 Å². The Morgan fingerprint density at radius 1 is 1.46 bits per heavy atom. The quantitative estimate of drug-likeness (QED) is 0.619. The highest BCUT2D eigenvalue weighted by atomic mass is 79.9. The Hall–Kier alpha value is 0.940. The molecule has 1 unspecified atom stereocenters. The van der Waals surface area contributed by atoms with Crippen LogP contribution in [0.2, 0.25) is 0 Å². The van der Waals surface area contributed by atoms with E-state index in [9.17, 15) is 4.89 Å². The Labute approximate surface area is 103 Å². The summed E-state index contributed by atoms with van der Waals surface area (Å²) in [5.74, 6) is 0.490. The molecule has 7 heteroatoms. The molecule has 0 aromatic heterocycles. The third-order valence-electron chi connectivity index (χ3n) is 1.11. The third-order valence-corrected chi connectivity index (χ3v) is 3.13. The largest absolute Gasteiger partial charge is 0.435 e. The van der Waals surface area contributed by atoms with Crippen LogP contribution in [0.3, 0.4) is 0 Å². The van der Waals surface area contributed by atoms with E-state index in [-0.39, 0.29) is 0 Å². The van der Waals surface area contributed by atoms with Crippen LogP contribution in [0.5, 0.6) is 5.75 Å². The van der Waals surface area contributed by atoms with Gasteiger partial charge in [0.05, 0.1) is 4.47 Å². The van der Waals surface area contributed by atoms with E-state index < -0.39 is 5.69 Å². The number of rotatable bonds is 2. The van der Waals surface area contributed by atoms with Crippen molar-refractivity contribution in [3.63, 3.8) is 0 Å². The number of benzene rings is 1. The SMILES string of the molecule is OP(=S)(S)Oc1ccc(Br)cc1Br. The van der Waals surface area contributed by atoms with E-state index in [1.807, 2.05) is 0 Å². The van der Waals surface area contributed by atoms with Crippen molar-refractivity contribution in [1.82, 2.24) is 0 Å². The number of thiol groups is 1. The molecule has 13 heavy (non-hydrogen) atoms. The van der Waals surface area contributed by atoms with E-state index in [1.165, 1.54) is 0 Å². The summed E-state index contributed by atoms with van der Waals surface area (Å²) in [6.07, 6.45) is 0. The molecule has 0 saturated carbocycles. The van der Waals surface area contributed by atoms with Gasteiger partial charge < -0.3 is 9.42 Å². The first-order valence-corrected chi connectivity index (χ1v) is 8.50. The summed E-state index contributed by atoms with van der Waals surface area (Å²) in [4.78, 5) is 9.20. The molecule has 0 radical (unpaired) electrons. The maximum atomic E-state index is 9.20. The fourth-order valence-electron chi connectivity index (χ4n) is 0.677. The lowest BCUT2D eigenvalue weighted by Crippen LogP contribution is -1.86. The topological polar surface area (TPSA) is 29.5 Å². The molecule has 0 bridgehead atoms. The zero-order valence-electron chi connectivity index (χ0n) is 6.15. The molecule has 0 spiro atoms. The average Bonchev–Trinajstić information content (AvgIpc) is 1.93. The van der Waals surface area contributed by atoms with Crippen LogP contribution in [0.1, 0.15) is 0 Å². The van der Waals surface area contributed by atoms with Gasteiger partial charge in [-0.2, -0.15) is 0 Å². The van der Waals surface area contributed by atoms with Crippen LogP contribution in [0.4, 0.5) is 0 Å². The first-order chi connectivity index (χ1) is 5.88. The smallest absolute Gasteiger partial charge is 0.291 e. The predicted octanol–water partition coefficient (Wildman–Crippen LogP) is 3.74. The minimum absolute atomic E-state index is 0.490. The van der Waals surface area contributed by atoms with E-state index in [1.54, 1.807) is 18.2 Å². The van der Waals surface area contributed by atoms with Crippen LogP contribution in [0.25, 0.3) is 0 Å². The lowest BCUT2D eigenvalue weighted by atomic mass is 10.3. The van der Waals surface area contributed by atoms with Gasteiger partial charge in [0.25, 0.3) is 5.69 Å². The summed E-state index contributed by atoms with van der Waals surface area (Å²) in [6.45, 7) is 0. The summed E-state index contributed by atoms with van der Waals surface area (Å²) in [7, 11) is 0. The van der Waals surface area contributed by atoms with Gasteiger partial charge in [0.1, 0.15) is 5.75 Å². The van der Waals surface area contributed by atoms with Gasteiger partial charge in [0.15, 0.2) is 0 Å². The van der Waals surface area contributed by atoms with Gasteiger partial charge in [-0.1, -0.05) is 28.2 Å². The molecule has 1 N–H and O–H groups in total. The summed E-state index contributed by atoms with van der Waals surface area (Å²) in [5.41, 5.74) is -2.95. The standard InChI is InChI=1S/C6H5Br2O2PS2/c7-4-1-2-6(5(8)3-4)10-11(9,12)13/h1-3H,(H2,9,12,13). The molecule has 1 aromatic carbocycles. The van der Waals surface area contributed by atoms with Gasteiger partial charge >= 0.3 is 0 Å². The summed E-state index contributed by atoms with van der Waals surface area (Å²) >= 11 is 15.0. The van der Waals surface area contributed by atoms with Gasteiger partial charge in [0.2, 0.25) is 0 Å². The van der Waals surface area contributed by atoms with Crippen molar-refractivity contribution in [3.05, 3.63) is 27.1 Å². The first-order valence-electron chi connectivity index (χ1n) is 3.09. The molecule has 0 aliphatic heterocycles. The molecule has 0 aliphatic carbocycles. The van der Waals surface area contributed by atoms with Crippen LogP contribution in [-0.2, 0) is 11.8 Å². The second-order valence-electron chi connectivity index (χ2n) is 2.16. The fourth-order valence-corrected chi connectivity index (χ4v) is 2.85. The normalized spacial score (nSPS) is 15.1. The Bertz CT molecular complexity index is 366. The Kier molecular flexibility index (Phi) is 4.29. The molecule has 1 aromatic rings.